The summed E-state index contributed by atoms with van der Waals surface area (Å²) < 4.78 is 12.8. The number of para-hydroxylation sites is 1. The van der Waals surface area contributed by atoms with Crippen molar-refractivity contribution in [3.05, 3.63) is 70.9 Å². The van der Waals surface area contributed by atoms with Crippen LogP contribution in [0.3, 0.4) is 0 Å². The van der Waals surface area contributed by atoms with E-state index in [9.17, 15) is 14.4 Å². The van der Waals surface area contributed by atoms with Gasteiger partial charge in [-0.1, -0.05) is 43.7 Å². The molecule has 0 bridgehead atoms. The van der Waals surface area contributed by atoms with Crippen molar-refractivity contribution in [3.63, 3.8) is 0 Å². The Balaban J connectivity index is 1.39. The molecule has 2 aromatic carbocycles. The van der Waals surface area contributed by atoms with Gasteiger partial charge in [0, 0.05) is 50.3 Å². The summed E-state index contributed by atoms with van der Waals surface area (Å²) in [5.74, 6) is -0.564. The van der Waals surface area contributed by atoms with Crippen molar-refractivity contribution >= 4 is 28.8 Å². The van der Waals surface area contributed by atoms with Crippen molar-refractivity contribution in [1.82, 2.24) is 20.3 Å². The van der Waals surface area contributed by atoms with Gasteiger partial charge in [0.2, 0.25) is 0 Å². The van der Waals surface area contributed by atoms with Gasteiger partial charge in [-0.05, 0) is 44.0 Å². The number of nitrogens with one attached hydrogen (secondary N) is 2. The Morgan fingerprint density at radius 2 is 1.77 bits per heavy atom. The number of methoxy groups -OCH3 is 1. The van der Waals surface area contributed by atoms with Crippen LogP contribution in [0.25, 0.3) is 10.9 Å². The minimum absolute atomic E-state index is 0.192. The van der Waals surface area contributed by atoms with E-state index in [0.29, 0.717) is 43.7 Å². The number of hydrogen-bond acceptors (Lipinski definition) is 6. The van der Waals surface area contributed by atoms with E-state index in [-0.39, 0.29) is 17.9 Å². The van der Waals surface area contributed by atoms with E-state index in [1.165, 1.54) is 7.11 Å². The second-order valence-corrected chi connectivity index (χ2v) is 10.8. The van der Waals surface area contributed by atoms with E-state index in [0.717, 1.165) is 28.5 Å². The number of nitrogens with zero attached hydrogens (tertiary/aromatic N) is 2. The summed E-state index contributed by atoms with van der Waals surface area (Å²) >= 11 is 0. The number of benzene rings is 2. The van der Waals surface area contributed by atoms with Gasteiger partial charge in [0.15, 0.2) is 6.29 Å². The molecule has 1 aliphatic rings. The summed E-state index contributed by atoms with van der Waals surface area (Å²) in [5, 5.41) is 3.82. The van der Waals surface area contributed by atoms with Crippen LogP contribution in [0.2, 0.25) is 0 Å². The zero-order valence-corrected chi connectivity index (χ0v) is 23.8. The highest BCUT2D eigenvalue weighted by molar-refractivity contribution is 6.07. The summed E-state index contributed by atoms with van der Waals surface area (Å²) in [7, 11) is 1.53. The third kappa shape index (κ3) is 7.00. The fourth-order valence-electron chi connectivity index (χ4n) is 4.61. The number of carbonyl (C=O) groups is 3. The van der Waals surface area contributed by atoms with E-state index in [4.69, 9.17) is 14.3 Å². The van der Waals surface area contributed by atoms with Crippen LogP contribution in [0.1, 0.15) is 72.4 Å². The first kappa shape index (κ1) is 29.1. The van der Waals surface area contributed by atoms with Gasteiger partial charge in [-0.3, -0.25) is 9.59 Å². The zero-order valence-electron chi connectivity index (χ0n) is 23.8. The summed E-state index contributed by atoms with van der Waals surface area (Å²) in [6, 6.07) is 12.8. The Kier molecular flexibility index (Phi) is 9.11. The molecule has 0 spiro atoms. The predicted octanol–water partition coefficient (Wildman–Crippen LogP) is 4.76. The van der Waals surface area contributed by atoms with Crippen molar-refractivity contribution in [2.75, 3.05) is 13.7 Å². The van der Waals surface area contributed by atoms with Gasteiger partial charge in [-0.2, -0.15) is 0 Å². The van der Waals surface area contributed by atoms with E-state index >= 15 is 0 Å². The Morgan fingerprint density at radius 1 is 1.02 bits per heavy atom. The molecule has 0 aliphatic carbocycles. The first-order valence-corrected chi connectivity index (χ1v) is 13.5. The van der Waals surface area contributed by atoms with Crippen LogP contribution in [-0.2, 0) is 33.9 Å². The first-order chi connectivity index (χ1) is 19.1. The lowest BCUT2D eigenvalue weighted by atomic mass is 10.1. The molecule has 1 aromatic heterocycles. The topological polar surface area (TPSA) is 111 Å². The molecule has 3 amide bonds. The molecule has 3 aromatic rings. The maximum absolute atomic E-state index is 13.2. The highest BCUT2D eigenvalue weighted by atomic mass is 16.8. The second kappa shape index (κ2) is 12.5. The van der Waals surface area contributed by atoms with Crippen molar-refractivity contribution < 1.29 is 28.7 Å². The third-order valence-corrected chi connectivity index (χ3v) is 6.59. The SMILES string of the molecule is CCCC(OC)ONC(=O)c1ccc(CNC(=O)c2cn3c4c(cccc24)CN(C(=O)OC(C)(C)C)CC3)cc1. The molecule has 4 rings (SSSR count). The molecule has 1 aliphatic heterocycles. The molecule has 1 unspecified atom stereocenters. The Morgan fingerprint density at radius 3 is 2.45 bits per heavy atom. The molecule has 40 heavy (non-hydrogen) atoms. The maximum Gasteiger partial charge on any atom is 0.410 e. The minimum atomic E-state index is -0.570. The predicted molar refractivity (Wildman–Crippen MR) is 150 cm³/mol. The largest absolute Gasteiger partial charge is 0.444 e. The number of ether oxygens (including phenoxy) is 2. The summed E-state index contributed by atoms with van der Waals surface area (Å²) in [4.78, 5) is 45.3. The van der Waals surface area contributed by atoms with E-state index in [2.05, 4.69) is 10.8 Å². The van der Waals surface area contributed by atoms with Gasteiger partial charge in [0.1, 0.15) is 5.60 Å². The number of hydroxylamine groups is 1. The quantitative estimate of drug-likeness (QED) is 0.294. The van der Waals surface area contributed by atoms with Crippen LogP contribution < -0.4 is 10.8 Å². The van der Waals surface area contributed by atoms with Gasteiger partial charge in [0.05, 0.1) is 17.6 Å². The Labute approximate surface area is 234 Å². The van der Waals surface area contributed by atoms with E-state index in [1.54, 1.807) is 29.2 Å². The van der Waals surface area contributed by atoms with Crippen molar-refractivity contribution in [1.29, 1.82) is 0 Å². The van der Waals surface area contributed by atoms with Crippen LogP contribution in [0.5, 0.6) is 0 Å². The van der Waals surface area contributed by atoms with Gasteiger partial charge in [-0.25, -0.2) is 15.1 Å². The molecule has 10 heteroatoms. The maximum atomic E-state index is 13.2. The molecule has 0 saturated carbocycles. The molecular weight excluding hydrogens is 512 g/mol. The van der Waals surface area contributed by atoms with Gasteiger partial charge < -0.3 is 24.3 Å². The average Bonchev–Trinajstić information content (AvgIpc) is 3.19. The fraction of sp³-hybridized carbons (Fsp3) is 0.433. The van der Waals surface area contributed by atoms with Crippen molar-refractivity contribution in [2.45, 2.75) is 72.1 Å². The summed E-state index contributed by atoms with van der Waals surface area (Å²) in [5.41, 5.74) is 5.63. The molecule has 10 nitrogen and oxygen atoms in total. The highest BCUT2D eigenvalue weighted by Gasteiger charge is 2.27. The zero-order chi connectivity index (χ0) is 28.9. The van der Waals surface area contributed by atoms with E-state index in [1.807, 2.05) is 56.7 Å². The normalized spacial score (nSPS) is 14.0. The molecule has 0 fully saturated rings. The lowest BCUT2D eigenvalue weighted by Gasteiger charge is -2.26. The van der Waals surface area contributed by atoms with Gasteiger partial charge in [-0.15, -0.1) is 0 Å². The fourth-order valence-corrected chi connectivity index (χ4v) is 4.61. The molecule has 2 heterocycles. The molecular formula is C30H38N4O6. The van der Waals surface area contributed by atoms with Crippen molar-refractivity contribution in [3.8, 4) is 0 Å². The lowest BCUT2D eigenvalue weighted by molar-refractivity contribution is -0.157. The Hall–Kier alpha value is -3.89. The molecule has 0 saturated heterocycles. The van der Waals surface area contributed by atoms with Gasteiger partial charge >= 0.3 is 6.09 Å². The molecule has 0 radical (unpaired) electrons. The van der Waals surface area contributed by atoms with E-state index < -0.39 is 11.9 Å². The highest BCUT2D eigenvalue weighted by Crippen LogP contribution is 2.29. The van der Waals surface area contributed by atoms with Gasteiger partial charge in [0.25, 0.3) is 11.8 Å². The third-order valence-electron chi connectivity index (χ3n) is 6.59. The molecule has 1 atom stereocenters. The van der Waals surface area contributed by atoms with Crippen LogP contribution in [-0.4, -0.2) is 52.9 Å². The standard InChI is InChI=1S/C30H38N4O6/c1-6-8-25(38-5)40-32-27(35)21-13-11-20(12-14-21)17-31-28(36)24-19-33-15-16-34(29(37)39-30(2,3)4)18-22-9-7-10-23(24)26(22)33/h7,9-14,19,25H,6,8,15-18H2,1-5H3,(H,31,36)(H,32,35). The van der Waals surface area contributed by atoms with Crippen LogP contribution in [0, 0.1) is 0 Å². The molecule has 214 valence electrons. The average molecular weight is 551 g/mol. The lowest BCUT2D eigenvalue weighted by Crippen LogP contribution is -2.37. The summed E-state index contributed by atoms with van der Waals surface area (Å²) in [6.07, 6.45) is 2.54. The second-order valence-electron chi connectivity index (χ2n) is 10.8. The smallest absolute Gasteiger partial charge is 0.410 e. The summed E-state index contributed by atoms with van der Waals surface area (Å²) in [6.45, 7) is 9.30. The van der Waals surface area contributed by atoms with Crippen LogP contribution in [0.15, 0.2) is 48.7 Å². The Bertz CT molecular complexity index is 1360. The minimum Gasteiger partial charge on any atom is -0.444 e. The number of aromatic nitrogens is 1. The van der Waals surface area contributed by atoms with Crippen molar-refractivity contribution in [2.24, 2.45) is 0 Å². The number of rotatable bonds is 9. The van der Waals surface area contributed by atoms with Crippen LogP contribution >= 0.6 is 0 Å². The monoisotopic (exact) mass is 550 g/mol. The van der Waals surface area contributed by atoms with Crippen LogP contribution in [0.4, 0.5) is 4.79 Å². The number of carbonyl (C=O) groups excluding carboxylic acids is 3. The first-order valence-electron chi connectivity index (χ1n) is 13.5. The number of hydrogen-bond donors (Lipinski definition) is 2. The number of amides is 3. The molecule has 2 N–H and O–H groups in total.